The Kier molecular flexibility index (Phi) is 82.8. The second kappa shape index (κ2) is 86.5. The summed E-state index contributed by atoms with van der Waals surface area (Å²) < 4.78 is 61.3. The van der Waals surface area contributed by atoms with Crippen molar-refractivity contribution in [1.82, 2.24) is 0 Å². The van der Waals surface area contributed by atoms with Gasteiger partial charge in [0.05, 0.1) is 26.4 Å². The van der Waals surface area contributed by atoms with Crippen LogP contribution in [0.2, 0.25) is 0 Å². The van der Waals surface area contributed by atoms with Gasteiger partial charge in [0.25, 0.3) is 0 Å². The molecule has 18 heteroatoms. The van der Waals surface area contributed by atoms with Crippen LogP contribution in [0.1, 0.15) is 367 Å². The summed E-state index contributed by atoms with van der Waals surface area (Å²) in [5.74, 6) is -1.59. The molecule has 0 aliphatic heterocycles. The lowest BCUT2D eigenvalue weighted by atomic mass is 10.0. The molecule has 0 saturated carbocycles. The smallest absolute Gasteiger partial charge is 0.463 e. The van der Waals surface area contributed by atoms with E-state index in [2.05, 4.69) is 179 Å². The van der Waals surface area contributed by atoms with Crippen LogP contribution in [0.25, 0.3) is 0 Å². The maximum Gasteiger partial charge on any atom is 0.472 e. The van der Waals surface area contributed by atoms with Crippen molar-refractivity contribution in [3.63, 3.8) is 0 Å². The van der Waals surface area contributed by atoms with Gasteiger partial charge < -0.3 is 34.2 Å². The third-order valence-corrected chi connectivity index (χ3v) is 20.6. The molecular weight excluding hydrogens is 1460 g/mol. The molecule has 0 aromatic carbocycles. The molecule has 16 nitrogen and oxygen atoms in total. The average Bonchev–Trinajstić information content (AvgIpc) is 0.904. The van der Waals surface area contributed by atoms with Crippen molar-refractivity contribution < 1.29 is 75.8 Å². The number of ether oxygens (including phenoxy) is 3. The maximum absolute atomic E-state index is 13.0. The third-order valence-electron chi connectivity index (χ3n) is 18.7. The van der Waals surface area contributed by atoms with Crippen molar-refractivity contribution in [3.8, 4) is 0 Å². The zero-order valence-electron chi connectivity index (χ0n) is 71.3. The van der Waals surface area contributed by atoms with Crippen molar-refractivity contribution in [2.75, 3.05) is 39.6 Å². The van der Waals surface area contributed by atoms with Crippen LogP contribution in [0.4, 0.5) is 0 Å². The fourth-order valence-electron chi connectivity index (χ4n) is 12.0. The van der Waals surface area contributed by atoms with E-state index in [9.17, 15) is 43.5 Å². The number of rotatable bonds is 84. The summed E-state index contributed by atoms with van der Waals surface area (Å²) in [7, 11) is -9.81. The lowest BCUT2D eigenvalue weighted by Crippen LogP contribution is -2.30. The van der Waals surface area contributed by atoms with Crippen LogP contribution in [0.15, 0.2) is 158 Å². The largest absolute Gasteiger partial charge is 0.472 e. The van der Waals surface area contributed by atoms with Gasteiger partial charge in [-0.05, 0) is 148 Å². The quantitative estimate of drug-likeness (QED) is 0.0146. The predicted molar refractivity (Wildman–Crippen MR) is 472 cm³/mol. The molecule has 0 rings (SSSR count). The number of aliphatic hydroxyl groups excluding tert-OH is 2. The number of hydrogen-bond acceptors (Lipinski definition) is 14. The Balaban J connectivity index is 4.45. The molecule has 0 aromatic rings. The minimum Gasteiger partial charge on any atom is -0.463 e. The first-order valence-electron chi connectivity index (χ1n) is 44.8. The lowest BCUT2D eigenvalue weighted by Gasteiger charge is -2.21. The average molecular weight is 1620 g/mol. The SMILES string of the molecule is CC/C=C\C/C=C\C/C=C\C/C=C\C/C=C\C/C=C\CCCCCCCCCCCCCCCCCCC(=O)OCC(O)COP(=O)(O)OCC(O)COP(=O)(O)OCC(COC(=O)CCCCCCCCCCCCC/C=C\C/C=C\C/C=C\C/C=C\CCCCC)OC(=O)CCCCCCC/C=C\C/C=C\C/C=C\CC. The number of carbonyl (C=O) groups excluding carboxylic acids is 3. The molecule has 0 fully saturated rings. The summed E-state index contributed by atoms with van der Waals surface area (Å²) in [6.07, 6.45) is 110. The van der Waals surface area contributed by atoms with Crippen molar-refractivity contribution in [2.24, 2.45) is 0 Å². The van der Waals surface area contributed by atoms with Gasteiger partial charge in [0.15, 0.2) is 6.10 Å². The highest BCUT2D eigenvalue weighted by atomic mass is 31.2. The maximum atomic E-state index is 13.0. The number of aliphatic hydroxyl groups is 2. The molecule has 648 valence electrons. The summed E-state index contributed by atoms with van der Waals surface area (Å²) >= 11 is 0. The van der Waals surface area contributed by atoms with Crippen LogP contribution >= 0.6 is 15.6 Å². The van der Waals surface area contributed by atoms with E-state index in [0.29, 0.717) is 19.3 Å². The van der Waals surface area contributed by atoms with Crippen LogP contribution in [0.3, 0.4) is 0 Å². The number of carbonyl (C=O) groups is 3. The van der Waals surface area contributed by atoms with Crippen LogP contribution in [0, 0.1) is 0 Å². The van der Waals surface area contributed by atoms with E-state index >= 15 is 0 Å². The highest BCUT2D eigenvalue weighted by Crippen LogP contribution is 2.45. The van der Waals surface area contributed by atoms with Crippen LogP contribution in [0.5, 0.6) is 0 Å². The fourth-order valence-corrected chi connectivity index (χ4v) is 13.6. The van der Waals surface area contributed by atoms with Crippen LogP contribution < -0.4 is 0 Å². The third kappa shape index (κ3) is 87.8. The molecule has 0 heterocycles. The molecule has 0 radical (unpaired) electrons. The van der Waals surface area contributed by atoms with Crippen LogP contribution in [-0.4, -0.2) is 95.9 Å². The molecule has 0 amide bonds. The molecule has 0 spiro atoms. The normalized spacial score (nSPS) is 14.6. The van der Waals surface area contributed by atoms with Gasteiger partial charge in [0, 0.05) is 19.3 Å². The Hall–Kier alpha value is -4.83. The summed E-state index contributed by atoms with van der Waals surface area (Å²) in [6, 6.07) is 0. The molecule has 5 unspecified atom stereocenters. The second-order valence-corrected chi connectivity index (χ2v) is 32.5. The van der Waals surface area contributed by atoms with Gasteiger partial charge in [-0.2, -0.15) is 0 Å². The zero-order chi connectivity index (χ0) is 82.2. The Morgan fingerprint density at radius 3 is 0.743 bits per heavy atom. The molecule has 0 bridgehead atoms. The topological polar surface area (TPSA) is 231 Å². The van der Waals surface area contributed by atoms with E-state index in [1.807, 2.05) is 0 Å². The van der Waals surface area contributed by atoms with Crippen molar-refractivity contribution in [3.05, 3.63) is 158 Å². The number of hydrogen-bond donors (Lipinski definition) is 4. The molecule has 5 atom stereocenters. The standard InChI is InChI=1S/C95H162O16P2/c1-4-7-10-13-16-19-22-25-28-30-32-34-36-38-40-41-42-43-44-45-46-47-49-51-52-54-56-58-61-63-66-69-72-75-78-81-93(98)105-84-90(96)85-107-112(101,102)108-86-91(97)87-109-113(103,104)110-89-92(111-95(100)83-80-77-74-71-68-65-60-27-24-21-18-15-12-9-6-3)88-106-94(99)82-79-76-73-70-67-64-62-59-57-55-53-50-48-39-37-35-33-31-29-26-23-20-17-14-11-8-5-2/h7,9-10,12,16-21,25-29,32-35,38-40,42-43,48,60,90-92,96-97H,4-6,8,11,13-15,22-24,30-31,36-37,41,44-47,49-59,61-89H2,1-3H3,(H,101,102)(H,103,104)/b10-7-,12-9-,19-16-,20-17-,21-18-,28-25-,29-26-,34-32-,35-33-,40-38-,43-42-,48-39-,60-27-. The molecule has 0 saturated heterocycles. The van der Waals surface area contributed by atoms with E-state index < -0.39 is 91.5 Å². The van der Waals surface area contributed by atoms with Gasteiger partial charge in [-0.3, -0.25) is 32.5 Å². The van der Waals surface area contributed by atoms with E-state index in [-0.39, 0.29) is 19.3 Å². The van der Waals surface area contributed by atoms with Crippen molar-refractivity contribution >= 4 is 33.6 Å². The van der Waals surface area contributed by atoms with Crippen molar-refractivity contribution in [2.45, 2.75) is 386 Å². The van der Waals surface area contributed by atoms with Gasteiger partial charge in [-0.1, -0.05) is 359 Å². The number of esters is 3. The molecule has 113 heavy (non-hydrogen) atoms. The Labute approximate surface area is 689 Å². The first-order chi connectivity index (χ1) is 55.2. The number of phosphoric acid groups is 2. The summed E-state index contributed by atoms with van der Waals surface area (Å²) in [6.45, 7) is 2.44. The Morgan fingerprint density at radius 2 is 0.469 bits per heavy atom. The van der Waals surface area contributed by atoms with Gasteiger partial charge >= 0.3 is 33.6 Å². The van der Waals surface area contributed by atoms with Crippen LogP contribution in [-0.2, 0) is 55.8 Å². The number of unbranched alkanes of at least 4 members (excludes halogenated alkanes) is 35. The summed E-state index contributed by atoms with van der Waals surface area (Å²) in [4.78, 5) is 58.8. The minimum absolute atomic E-state index is 0.0820. The molecular formula is C95H162O16P2. The monoisotopic (exact) mass is 1620 g/mol. The van der Waals surface area contributed by atoms with Gasteiger partial charge in [0.1, 0.15) is 25.4 Å². The first kappa shape index (κ1) is 108. The van der Waals surface area contributed by atoms with Gasteiger partial charge in [-0.25, -0.2) is 9.13 Å². The lowest BCUT2D eigenvalue weighted by molar-refractivity contribution is -0.161. The molecule has 0 aliphatic rings. The van der Waals surface area contributed by atoms with Crippen molar-refractivity contribution in [1.29, 1.82) is 0 Å². The molecule has 0 aliphatic carbocycles. The fraction of sp³-hybridized carbons (Fsp3) is 0.695. The highest BCUT2D eigenvalue weighted by Gasteiger charge is 2.29. The highest BCUT2D eigenvalue weighted by molar-refractivity contribution is 7.47. The van der Waals surface area contributed by atoms with Gasteiger partial charge in [-0.15, -0.1) is 0 Å². The Morgan fingerprint density at radius 1 is 0.257 bits per heavy atom. The molecule has 0 aromatic heterocycles. The number of phosphoric ester groups is 2. The Bertz CT molecular complexity index is 2680. The van der Waals surface area contributed by atoms with E-state index in [0.717, 1.165) is 161 Å². The second-order valence-electron chi connectivity index (χ2n) is 29.6. The zero-order valence-corrected chi connectivity index (χ0v) is 73.0. The van der Waals surface area contributed by atoms with E-state index in [1.54, 1.807) is 0 Å². The summed E-state index contributed by atoms with van der Waals surface area (Å²) in [5, 5.41) is 20.7. The van der Waals surface area contributed by atoms with E-state index in [4.69, 9.17) is 32.3 Å². The predicted octanol–water partition coefficient (Wildman–Crippen LogP) is 27.3. The van der Waals surface area contributed by atoms with E-state index in [1.165, 1.54) is 148 Å². The minimum atomic E-state index is -4.94. The summed E-state index contributed by atoms with van der Waals surface area (Å²) in [5.41, 5.74) is 0. The number of allylic oxidation sites excluding steroid dienone is 26. The van der Waals surface area contributed by atoms with Gasteiger partial charge in [0.2, 0.25) is 0 Å². The molecule has 4 N–H and O–H groups in total. The first-order valence-corrected chi connectivity index (χ1v) is 47.8.